The summed E-state index contributed by atoms with van der Waals surface area (Å²) < 4.78 is 23.9. The monoisotopic (exact) mass is 395 g/mol. The standard InChI is InChI=1S/C22H18FNO3S/c1-24(13-16-6-9-19-20(12-16)27-14-26-19)22(25)18(21-3-2-10-28-21)11-15-4-7-17(23)8-5-15/h2-12H,13-14H2,1H3. The molecule has 0 saturated carbocycles. The Morgan fingerprint density at radius 3 is 2.68 bits per heavy atom. The van der Waals surface area contributed by atoms with Gasteiger partial charge >= 0.3 is 0 Å². The topological polar surface area (TPSA) is 38.8 Å². The third-order valence-corrected chi connectivity index (χ3v) is 5.30. The molecule has 0 saturated heterocycles. The average Bonchev–Trinajstić information content (AvgIpc) is 3.38. The highest BCUT2D eigenvalue weighted by Gasteiger charge is 2.19. The third kappa shape index (κ3) is 3.92. The summed E-state index contributed by atoms with van der Waals surface area (Å²) in [6.07, 6.45) is 1.80. The van der Waals surface area contributed by atoms with Crippen LogP contribution in [0.2, 0.25) is 0 Å². The molecule has 28 heavy (non-hydrogen) atoms. The number of fused-ring (bicyclic) bond motifs is 1. The molecule has 1 aliphatic heterocycles. The Balaban J connectivity index is 1.59. The van der Waals surface area contributed by atoms with Crippen LogP contribution in [0.15, 0.2) is 60.0 Å². The van der Waals surface area contributed by atoms with Crippen molar-refractivity contribution in [2.75, 3.05) is 13.8 Å². The second-order valence-electron chi connectivity index (χ2n) is 6.44. The van der Waals surface area contributed by atoms with Crippen LogP contribution >= 0.6 is 11.3 Å². The molecule has 0 bridgehead atoms. The zero-order valence-electron chi connectivity index (χ0n) is 15.2. The lowest BCUT2D eigenvalue weighted by Gasteiger charge is -2.19. The summed E-state index contributed by atoms with van der Waals surface area (Å²) >= 11 is 1.50. The quantitative estimate of drug-likeness (QED) is 0.582. The van der Waals surface area contributed by atoms with Gasteiger partial charge in [-0.3, -0.25) is 4.79 Å². The molecule has 1 aliphatic rings. The molecular weight excluding hydrogens is 377 g/mol. The van der Waals surface area contributed by atoms with Crippen molar-refractivity contribution >= 4 is 28.9 Å². The molecule has 3 aromatic rings. The number of hydrogen-bond acceptors (Lipinski definition) is 4. The molecule has 1 amide bonds. The first-order chi connectivity index (χ1) is 13.6. The molecule has 0 aliphatic carbocycles. The van der Waals surface area contributed by atoms with Gasteiger partial charge in [0.15, 0.2) is 11.5 Å². The number of ether oxygens (including phenoxy) is 2. The van der Waals surface area contributed by atoms with Crippen LogP contribution in [0.4, 0.5) is 4.39 Å². The van der Waals surface area contributed by atoms with Crippen molar-refractivity contribution in [3.8, 4) is 11.5 Å². The predicted octanol–water partition coefficient (Wildman–Crippen LogP) is 4.82. The van der Waals surface area contributed by atoms with E-state index in [1.165, 1.54) is 23.5 Å². The van der Waals surface area contributed by atoms with Crippen LogP contribution in [0, 0.1) is 5.82 Å². The second-order valence-corrected chi connectivity index (χ2v) is 7.38. The average molecular weight is 395 g/mol. The van der Waals surface area contributed by atoms with E-state index in [-0.39, 0.29) is 18.5 Å². The minimum Gasteiger partial charge on any atom is -0.454 e. The summed E-state index contributed by atoms with van der Waals surface area (Å²) in [5.74, 6) is 0.998. The molecule has 2 aromatic carbocycles. The minimum absolute atomic E-state index is 0.107. The molecule has 0 radical (unpaired) electrons. The fraction of sp³-hybridized carbons (Fsp3) is 0.136. The molecule has 6 heteroatoms. The summed E-state index contributed by atoms with van der Waals surface area (Å²) in [5, 5.41) is 1.93. The summed E-state index contributed by atoms with van der Waals surface area (Å²) in [6, 6.07) is 15.6. The summed E-state index contributed by atoms with van der Waals surface area (Å²) in [4.78, 5) is 15.7. The molecule has 142 valence electrons. The van der Waals surface area contributed by atoms with Gasteiger partial charge in [-0.15, -0.1) is 11.3 Å². The number of hydrogen-bond donors (Lipinski definition) is 0. The fourth-order valence-electron chi connectivity index (χ4n) is 2.99. The van der Waals surface area contributed by atoms with E-state index in [4.69, 9.17) is 9.47 Å². The van der Waals surface area contributed by atoms with Crippen molar-refractivity contribution in [3.05, 3.63) is 81.8 Å². The highest BCUT2D eigenvalue weighted by atomic mass is 32.1. The summed E-state index contributed by atoms with van der Waals surface area (Å²) in [6.45, 7) is 0.651. The van der Waals surface area contributed by atoms with E-state index in [2.05, 4.69) is 0 Å². The van der Waals surface area contributed by atoms with Crippen LogP contribution in [0.5, 0.6) is 11.5 Å². The van der Waals surface area contributed by atoms with Crippen LogP contribution in [0.1, 0.15) is 16.0 Å². The van der Waals surface area contributed by atoms with Crippen molar-refractivity contribution in [3.63, 3.8) is 0 Å². The lowest BCUT2D eigenvalue weighted by Crippen LogP contribution is -2.26. The van der Waals surface area contributed by atoms with Gasteiger partial charge in [0, 0.05) is 18.5 Å². The fourth-order valence-corrected chi connectivity index (χ4v) is 3.72. The van der Waals surface area contributed by atoms with Gasteiger partial charge in [-0.05, 0) is 52.9 Å². The van der Waals surface area contributed by atoms with Gasteiger partial charge < -0.3 is 14.4 Å². The molecule has 1 aromatic heterocycles. The number of nitrogens with zero attached hydrogens (tertiary/aromatic N) is 1. The molecule has 4 nitrogen and oxygen atoms in total. The van der Waals surface area contributed by atoms with Gasteiger partial charge in [-0.1, -0.05) is 24.3 Å². The Morgan fingerprint density at radius 1 is 1.14 bits per heavy atom. The number of halogens is 1. The van der Waals surface area contributed by atoms with Crippen molar-refractivity contribution in [2.45, 2.75) is 6.54 Å². The largest absolute Gasteiger partial charge is 0.454 e. The molecule has 4 rings (SSSR count). The summed E-state index contributed by atoms with van der Waals surface area (Å²) in [7, 11) is 1.76. The maximum absolute atomic E-state index is 13.2. The number of thiophene rings is 1. The van der Waals surface area contributed by atoms with E-state index < -0.39 is 0 Å². The first-order valence-electron chi connectivity index (χ1n) is 8.75. The van der Waals surface area contributed by atoms with E-state index in [0.29, 0.717) is 23.6 Å². The molecule has 0 unspecified atom stereocenters. The third-order valence-electron chi connectivity index (χ3n) is 4.40. The maximum Gasteiger partial charge on any atom is 0.255 e. The van der Waals surface area contributed by atoms with Crippen LogP contribution in [-0.2, 0) is 11.3 Å². The number of carbonyl (C=O) groups is 1. The Bertz CT molecular complexity index is 1010. The van der Waals surface area contributed by atoms with Gasteiger partial charge in [0.25, 0.3) is 5.91 Å². The Kier molecular flexibility index (Phi) is 5.12. The predicted molar refractivity (Wildman–Crippen MR) is 108 cm³/mol. The Labute approximate surface area is 166 Å². The van der Waals surface area contributed by atoms with E-state index in [1.807, 2.05) is 35.7 Å². The zero-order valence-corrected chi connectivity index (χ0v) is 16.0. The molecule has 0 fully saturated rings. The summed E-state index contributed by atoms with van der Waals surface area (Å²) in [5.41, 5.74) is 2.30. The van der Waals surface area contributed by atoms with E-state index in [0.717, 1.165) is 16.0 Å². The molecule has 0 N–H and O–H groups in total. The Hall–Kier alpha value is -3.12. The smallest absolute Gasteiger partial charge is 0.255 e. The van der Waals surface area contributed by atoms with Crippen LogP contribution in [0.3, 0.4) is 0 Å². The second kappa shape index (κ2) is 7.86. The lowest BCUT2D eigenvalue weighted by molar-refractivity contribution is -0.124. The van der Waals surface area contributed by atoms with Crippen LogP contribution in [0.25, 0.3) is 11.6 Å². The van der Waals surface area contributed by atoms with Crippen molar-refractivity contribution in [1.82, 2.24) is 4.90 Å². The lowest BCUT2D eigenvalue weighted by atomic mass is 10.1. The molecule has 0 spiro atoms. The first kappa shape index (κ1) is 18.3. The molecular formula is C22H18FNO3S. The molecule has 2 heterocycles. The van der Waals surface area contributed by atoms with E-state index in [9.17, 15) is 9.18 Å². The van der Waals surface area contributed by atoms with Crippen molar-refractivity contribution in [1.29, 1.82) is 0 Å². The van der Waals surface area contributed by atoms with Crippen LogP contribution < -0.4 is 9.47 Å². The first-order valence-corrected chi connectivity index (χ1v) is 9.63. The molecule has 0 atom stereocenters. The number of amides is 1. The van der Waals surface area contributed by atoms with Gasteiger partial charge in [-0.2, -0.15) is 0 Å². The number of benzene rings is 2. The van der Waals surface area contributed by atoms with Crippen LogP contribution in [-0.4, -0.2) is 24.6 Å². The van der Waals surface area contributed by atoms with Gasteiger partial charge in [0.1, 0.15) is 5.82 Å². The van der Waals surface area contributed by atoms with Gasteiger partial charge in [0.2, 0.25) is 6.79 Å². The van der Waals surface area contributed by atoms with Crippen molar-refractivity contribution in [2.24, 2.45) is 0 Å². The Morgan fingerprint density at radius 2 is 1.93 bits per heavy atom. The van der Waals surface area contributed by atoms with E-state index in [1.54, 1.807) is 30.2 Å². The SMILES string of the molecule is CN(Cc1ccc2c(c1)OCO2)C(=O)C(=Cc1ccc(F)cc1)c1cccs1. The highest BCUT2D eigenvalue weighted by Crippen LogP contribution is 2.33. The van der Waals surface area contributed by atoms with E-state index >= 15 is 0 Å². The maximum atomic E-state index is 13.2. The number of carbonyl (C=O) groups excluding carboxylic acids is 1. The normalized spacial score (nSPS) is 12.9. The minimum atomic E-state index is -0.305. The van der Waals surface area contributed by atoms with Gasteiger partial charge in [-0.25, -0.2) is 4.39 Å². The van der Waals surface area contributed by atoms with Crippen molar-refractivity contribution < 1.29 is 18.7 Å². The highest BCUT2D eigenvalue weighted by molar-refractivity contribution is 7.11. The number of likely N-dealkylation sites (N-methyl/N-ethyl adjacent to an activating group) is 1. The number of rotatable bonds is 5. The van der Waals surface area contributed by atoms with Gasteiger partial charge in [0.05, 0.1) is 5.57 Å². The zero-order chi connectivity index (χ0) is 19.5.